The van der Waals surface area contributed by atoms with E-state index in [9.17, 15) is 4.79 Å². The zero-order valence-electron chi connectivity index (χ0n) is 12.1. The van der Waals surface area contributed by atoms with Gasteiger partial charge in [0.15, 0.2) is 0 Å². The summed E-state index contributed by atoms with van der Waals surface area (Å²) in [5.41, 5.74) is 7.42. The number of nitrogens with two attached hydrogens (primary N) is 1. The second-order valence-corrected chi connectivity index (χ2v) is 5.88. The number of benzene rings is 1. The summed E-state index contributed by atoms with van der Waals surface area (Å²) < 4.78 is 1.66. The standard InChI is InChI=1S/C15H19N5O/c1-15(8-16)6-7-19(9-15)14(21)12-2-4-13(5-3-12)20-11-17-10-18-20/h2-5,10-11H,6-9,16H2,1H3. The highest BCUT2D eigenvalue weighted by molar-refractivity contribution is 5.94. The predicted octanol–water partition coefficient (Wildman–Crippen LogP) is 1.08. The minimum absolute atomic E-state index is 0.0519. The number of likely N-dealkylation sites (tertiary alicyclic amines) is 1. The van der Waals surface area contributed by atoms with Gasteiger partial charge in [0, 0.05) is 18.7 Å². The first kappa shape index (κ1) is 13.8. The average Bonchev–Trinajstić information content (AvgIpc) is 3.17. The van der Waals surface area contributed by atoms with Crippen molar-refractivity contribution < 1.29 is 4.79 Å². The highest BCUT2D eigenvalue weighted by Crippen LogP contribution is 2.29. The van der Waals surface area contributed by atoms with Crippen LogP contribution in [-0.2, 0) is 0 Å². The van der Waals surface area contributed by atoms with Crippen LogP contribution in [0.15, 0.2) is 36.9 Å². The van der Waals surface area contributed by atoms with E-state index in [1.165, 1.54) is 6.33 Å². The number of nitrogens with zero attached hydrogens (tertiary/aromatic N) is 4. The molecule has 2 heterocycles. The molecule has 1 atom stereocenters. The van der Waals surface area contributed by atoms with E-state index in [0.717, 1.165) is 25.2 Å². The Morgan fingerprint density at radius 3 is 2.71 bits per heavy atom. The van der Waals surface area contributed by atoms with Gasteiger partial charge < -0.3 is 10.6 Å². The molecule has 1 unspecified atom stereocenters. The van der Waals surface area contributed by atoms with Crippen molar-refractivity contribution in [2.45, 2.75) is 13.3 Å². The van der Waals surface area contributed by atoms with Gasteiger partial charge in [0.05, 0.1) is 5.69 Å². The number of rotatable bonds is 3. The van der Waals surface area contributed by atoms with Crippen LogP contribution in [0.1, 0.15) is 23.7 Å². The molecule has 1 saturated heterocycles. The van der Waals surface area contributed by atoms with E-state index in [1.54, 1.807) is 11.0 Å². The second-order valence-electron chi connectivity index (χ2n) is 5.88. The molecule has 0 aliphatic carbocycles. The van der Waals surface area contributed by atoms with Crippen LogP contribution in [0.2, 0.25) is 0 Å². The molecule has 1 aromatic heterocycles. The molecule has 1 aromatic carbocycles. The fourth-order valence-electron chi connectivity index (χ4n) is 2.64. The fraction of sp³-hybridized carbons (Fsp3) is 0.400. The van der Waals surface area contributed by atoms with Gasteiger partial charge in [-0.3, -0.25) is 4.79 Å². The SMILES string of the molecule is CC1(CN)CCN(C(=O)c2ccc(-n3cncn3)cc2)C1. The van der Waals surface area contributed by atoms with Crippen LogP contribution in [0, 0.1) is 5.41 Å². The summed E-state index contributed by atoms with van der Waals surface area (Å²) in [7, 11) is 0. The Bertz CT molecular complexity index is 622. The van der Waals surface area contributed by atoms with Crippen molar-refractivity contribution in [2.24, 2.45) is 11.1 Å². The zero-order valence-corrected chi connectivity index (χ0v) is 12.1. The first-order valence-corrected chi connectivity index (χ1v) is 7.06. The van der Waals surface area contributed by atoms with Crippen molar-refractivity contribution in [1.82, 2.24) is 19.7 Å². The van der Waals surface area contributed by atoms with Crippen LogP contribution in [0.5, 0.6) is 0 Å². The van der Waals surface area contributed by atoms with Gasteiger partial charge in [0.1, 0.15) is 12.7 Å². The quantitative estimate of drug-likeness (QED) is 0.915. The summed E-state index contributed by atoms with van der Waals surface area (Å²) in [4.78, 5) is 18.3. The molecular formula is C15H19N5O. The predicted molar refractivity (Wildman–Crippen MR) is 79.0 cm³/mol. The average molecular weight is 285 g/mol. The van der Waals surface area contributed by atoms with Crippen molar-refractivity contribution in [2.75, 3.05) is 19.6 Å². The molecule has 6 heteroatoms. The van der Waals surface area contributed by atoms with Crippen LogP contribution in [0.25, 0.3) is 5.69 Å². The summed E-state index contributed by atoms with van der Waals surface area (Å²) in [6.45, 7) is 4.25. The molecule has 3 rings (SSSR count). The number of carbonyl (C=O) groups is 1. The minimum Gasteiger partial charge on any atom is -0.338 e. The Labute approximate surface area is 123 Å². The molecule has 0 spiro atoms. The Kier molecular flexibility index (Phi) is 3.47. The summed E-state index contributed by atoms with van der Waals surface area (Å²) in [6.07, 6.45) is 4.08. The molecule has 0 radical (unpaired) electrons. The molecule has 2 N–H and O–H groups in total. The maximum atomic E-state index is 12.5. The van der Waals surface area contributed by atoms with Gasteiger partial charge in [-0.15, -0.1) is 0 Å². The van der Waals surface area contributed by atoms with E-state index in [1.807, 2.05) is 29.2 Å². The lowest BCUT2D eigenvalue weighted by molar-refractivity contribution is 0.0777. The van der Waals surface area contributed by atoms with Gasteiger partial charge in [0.25, 0.3) is 5.91 Å². The van der Waals surface area contributed by atoms with Gasteiger partial charge in [-0.05, 0) is 42.6 Å². The topological polar surface area (TPSA) is 77.0 Å². The van der Waals surface area contributed by atoms with Crippen LogP contribution in [0.4, 0.5) is 0 Å². The van der Waals surface area contributed by atoms with Crippen LogP contribution in [0.3, 0.4) is 0 Å². The molecule has 2 aromatic rings. The Morgan fingerprint density at radius 1 is 1.38 bits per heavy atom. The first-order valence-electron chi connectivity index (χ1n) is 7.06. The summed E-state index contributed by atoms with van der Waals surface area (Å²) in [6, 6.07) is 7.41. The third-order valence-electron chi connectivity index (χ3n) is 4.14. The number of amides is 1. The number of hydrogen-bond acceptors (Lipinski definition) is 4. The molecule has 21 heavy (non-hydrogen) atoms. The second kappa shape index (κ2) is 5.29. The summed E-state index contributed by atoms with van der Waals surface area (Å²) >= 11 is 0. The van der Waals surface area contributed by atoms with E-state index in [-0.39, 0.29) is 11.3 Å². The molecule has 1 aliphatic rings. The molecule has 6 nitrogen and oxygen atoms in total. The molecule has 110 valence electrons. The number of aromatic nitrogens is 3. The van der Waals surface area contributed by atoms with E-state index < -0.39 is 0 Å². The van der Waals surface area contributed by atoms with Crippen molar-refractivity contribution in [1.29, 1.82) is 0 Å². The Balaban J connectivity index is 1.74. The third-order valence-corrected chi connectivity index (χ3v) is 4.14. The van der Waals surface area contributed by atoms with Crippen molar-refractivity contribution in [3.05, 3.63) is 42.5 Å². The van der Waals surface area contributed by atoms with Gasteiger partial charge in [-0.25, -0.2) is 9.67 Å². The number of carbonyl (C=O) groups excluding carboxylic acids is 1. The highest BCUT2D eigenvalue weighted by Gasteiger charge is 2.35. The molecule has 0 bridgehead atoms. The van der Waals surface area contributed by atoms with Gasteiger partial charge in [0.2, 0.25) is 0 Å². The summed E-state index contributed by atoms with van der Waals surface area (Å²) in [5.74, 6) is 0.0670. The maximum Gasteiger partial charge on any atom is 0.253 e. The molecule has 1 amide bonds. The van der Waals surface area contributed by atoms with Crippen molar-refractivity contribution in [3.8, 4) is 5.69 Å². The normalized spacial score (nSPS) is 21.7. The lowest BCUT2D eigenvalue weighted by Gasteiger charge is -2.22. The van der Waals surface area contributed by atoms with E-state index in [2.05, 4.69) is 17.0 Å². The third kappa shape index (κ3) is 2.67. The summed E-state index contributed by atoms with van der Waals surface area (Å²) in [5, 5.41) is 4.06. The monoisotopic (exact) mass is 285 g/mol. The largest absolute Gasteiger partial charge is 0.338 e. The van der Waals surface area contributed by atoms with E-state index >= 15 is 0 Å². The number of hydrogen-bond donors (Lipinski definition) is 1. The lowest BCUT2D eigenvalue weighted by Crippen LogP contribution is -2.34. The lowest BCUT2D eigenvalue weighted by atomic mass is 9.90. The minimum atomic E-state index is 0.0519. The molecule has 0 saturated carbocycles. The van der Waals surface area contributed by atoms with Gasteiger partial charge in [-0.2, -0.15) is 5.10 Å². The zero-order chi connectivity index (χ0) is 14.9. The van der Waals surface area contributed by atoms with Crippen molar-refractivity contribution >= 4 is 5.91 Å². The Hall–Kier alpha value is -2.21. The van der Waals surface area contributed by atoms with Gasteiger partial charge >= 0.3 is 0 Å². The van der Waals surface area contributed by atoms with E-state index in [0.29, 0.717) is 12.1 Å². The highest BCUT2D eigenvalue weighted by atomic mass is 16.2. The molecule has 1 aliphatic heterocycles. The van der Waals surface area contributed by atoms with Crippen molar-refractivity contribution in [3.63, 3.8) is 0 Å². The Morgan fingerprint density at radius 2 is 2.14 bits per heavy atom. The van der Waals surface area contributed by atoms with E-state index in [4.69, 9.17) is 5.73 Å². The first-order chi connectivity index (χ1) is 10.1. The molecule has 1 fully saturated rings. The smallest absolute Gasteiger partial charge is 0.253 e. The van der Waals surface area contributed by atoms with Crippen LogP contribution < -0.4 is 5.73 Å². The van der Waals surface area contributed by atoms with Crippen LogP contribution in [-0.4, -0.2) is 45.2 Å². The van der Waals surface area contributed by atoms with Gasteiger partial charge in [-0.1, -0.05) is 6.92 Å². The fourth-order valence-corrected chi connectivity index (χ4v) is 2.64. The molecular weight excluding hydrogens is 266 g/mol. The van der Waals surface area contributed by atoms with Crippen LogP contribution >= 0.6 is 0 Å². The maximum absolute atomic E-state index is 12.5.